The van der Waals surface area contributed by atoms with Crippen molar-refractivity contribution in [3.05, 3.63) is 17.9 Å². The van der Waals surface area contributed by atoms with Gasteiger partial charge in [-0.3, -0.25) is 0 Å². The molecule has 0 atom stereocenters. The second-order valence-corrected chi connectivity index (χ2v) is 5.77. The van der Waals surface area contributed by atoms with Crippen molar-refractivity contribution in [3.8, 4) is 0 Å². The van der Waals surface area contributed by atoms with Crippen LogP contribution in [0.5, 0.6) is 0 Å². The normalized spacial score (nSPS) is 12.2. The fourth-order valence-corrected chi connectivity index (χ4v) is 1.85. The van der Waals surface area contributed by atoms with Gasteiger partial charge >= 0.3 is 0 Å². The van der Waals surface area contributed by atoms with Crippen molar-refractivity contribution in [2.45, 2.75) is 25.5 Å². The van der Waals surface area contributed by atoms with E-state index in [1.807, 2.05) is 0 Å². The molecular formula is C10H18N2O3S. The molecule has 5 nitrogen and oxygen atoms in total. The van der Waals surface area contributed by atoms with Crippen LogP contribution in [0.15, 0.2) is 21.6 Å². The van der Waals surface area contributed by atoms with Crippen LogP contribution >= 0.6 is 0 Å². The first kappa shape index (κ1) is 13.2. The van der Waals surface area contributed by atoms with Crippen molar-refractivity contribution in [1.29, 1.82) is 0 Å². The van der Waals surface area contributed by atoms with Gasteiger partial charge in [0.2, 0.25) is 5.09 Å². The molecule has 0 aliphatic rings. The van der Waals surface area contributed by atoms with E-state index in [1.165, 1.54) is 13.1 Å². The fraction of sp³-hybridized carbons (Fsp3) is 0.600. The highest BCUT2D eigenvalue weighted by atomic mass is 32.2. The van der Waals surface area contributed by atoms with Gasteiger partial charge in [-0.2, -0.15) is 0 Å². The molecule has 0 unspecified atom stereocenters. The highest BCUT2D eigenvalue weighted by Crippen LogP contribution is 2.13. The Bertz CT molecular complexity index is 423. The smallest absolute Gasteiger partial charge is 0.273 e. The van der Waals surface area contributed by atoms with Gasteiger partial charge in [-0.1, -0.05) is 13.8 Å². The van der Waals surface area contributed by atoms with Gasteiger partial charge in [0.05, 0.1) is 6.54 Å². The van der Waals surface area contributed by atoms with Crippen LogP contribution in [0.3, 0.4) is 0 Å². The maximum absolute atomic E-state index is 11.4. The van der Waals surface area contributed by atoms with Gasteiger partial charge in [-0.05, 0) is 31.6 Å². The number of nitrogens with one attached hydrogen (secondary N) is 2. The Hall–Kier alpha value is -0.850. The Morgan fingerprint density at radius 2 is 2.06 bits per heavy atom. The highest BCUT2D eigenvalue weighted by molar-refractivity contribution is 7.89. The summed E-state index contributed by atoms with van der Waals surface area (Å²) < 4.78 is 30.2. The van der Waals surface area contributed by atoms with Crippen LogP contribution < -0.4 is 10.0 Å². The van der Waals surface area contributed by atoms with E-state index in [2.05, 4.69) is 23.9 Å². The molecule has 0 aliphatic heterocycles. The van der Waals surface area contributed by atoms with Gasteiger partial charge in [0.1, 0.15) is 5.76 Å². The van der Waals surface area contributed by atoms with E-state index in [0.717, 1.165) is 6.54 Å². The minimum atomic E-state index is -3.46. The number of furan rings is 1. The molecule has 0 saturated heterocycles. The van der Waals surface area contributed by atoms with E-state index in [9.17, 15) is 8.42 Å². The summed E-state index contributed by atoms with van der Waals surface area (Å²) in [5.41, 5.74) is 0. The summed E-state index contributed by atoms with van der Waals surface area (Å²) in [6.07, 6.45) is 0. The molecular weight excluding hydrogens is 228 g/mol. The first-order chi connectivity index (χ1) is 7.45. The van der Waals surface area contributed by atoms with Crippen LogP contribution in [0, 0.1) is 5.92 Å². The van der Waals surface area contributed by atoms with Crippen LogP contribution in [-0.2, 0) is 16.6 Å². The Morgan fingerprint density at radius 1 is 1.38 bits per heavy atom. The Kier molecular flexibility index (Phi) is 4.52. The molecule has 1 rings (SSSR count). The van der Waals surface area contributed by atoms with Crippen molar-refractivity contribution < 1.29 is 12.8 Å². The largest absolute Gasteiger partial charge is 0.447 e. The van der Waals surface area contributed by atoms with Crippen molar-refractivity contribution in [1.82, 2.24) is 10.0 Å². The third-order valence-corrected chi connectivity index (χ3v) is 3.31. The molecule has 2 N–H and O–H groups in total. The second kappa shape index (κ2) is 5.47. The first-order valence-corrected chi connectivity index (χ1v) is 6.67. The third kappa shape index (κ3) is 3.62. The molecule has 92 valence electrons. The van der Waals surface area contributed by atoms with Gasteiger partial charge in [0, 0.05) is 0 Å². The standard InChI is InChI=1S/C10H18N2O3S/c1-8(2)6-12-7-9-4-5-10(15-9)16(13,14)11-3/h4-5,8,11-12H,6-7H2,1-3H3. The van der Waals surface area contributed by atoms with Crippen LogP contribution in [0.2, 0.25) is 0 Å². The van der Waals surface area contributed by atoms with E-state index in [1.54, 1.807) is 6.07 Å². The topological polar surface area (TPSA) is 71.3 Å². The molecule has 0 spiro atoms. The van der Waals surface area contributed by atoms with Crippen LogP contribution in [0.1, 0.15) is 19.6 Å². The lowest BCUT2D eigenvalue weighted by molar-refractivity contribution is 0.395. The monoisotopic (exact) mass is 246 g/mol. The summed E-state index contributed by atoms with van der Waals surface area (Å²) in [5, 5.41) is 3.13. The maximum atomic E-state index is 11.4. The lowest BCUT2D eigenvalue weighted by Gasteiger charge is -2.04. The van der Waals surface area contributed by atoms with E-state index >= 15 is 0 Å². The molecule has 0 aliphatic carbocycles. The predicted octanol–water partition coefficient (Wildman–Crippen LogP) is 0.933. The summed E-state index contributed by atoms with van der Waals surface area (Å²) >= 11 is 0. The minimum Gasteiger partial charge on any atom is -0.447 e. The number of rotatable bonds is 6. The minimum absolute atomic E-state index is 0.0450. The molecule has 0 fully saturated rings. The lowest BCUT2D eigenvalue weighted by Crippen LogP contribution is -2.19. The third-order valence-electron chi connectivity index (χ3n) is 2.02. The summed E-state index contributed by atoms with van der Waals surface area (Å²) in [5.74, 6) is 1.17. The summed E-state index contributed by atoms with van der Waals surface area (Å²) in [6, 6.07) is 3.12. The lowest BCUT2D eigenvalue weighted by atomic mass is 10.2. The Balaban J connectivity index is 2.59. The zero-order chi connectivity index (χ0) is 12.2. The van der Waals surface area contributed by atoms with Crippen molar-refractivity contribution in [2.75, 3.05) is 13.6 Å². The summed E-state index contributed by atoms with van der Waals surface area (Å²) in [4.78, 5) is 0. The maximum Gasteiger partial charge on any atom is 0.273 e. The molecule has 16 heavy (non-hydrogen) atoms. The molecule has 0 bridgehead atoms. The summed E-state index contributed by atoms with van der Waals surface area (Å²) in [6.45, 7) is 5.62. The van der Waals surface area contributed by atoms with Crippen molar-refractivity contribution >= 4 is 10.0 Å². The predicted molar refractivity (Wildman–Crippen MR) is 61.5 cm³/mol. The zero-order valence-corrected chi connectivity index (χ0v) is 10.6. The van der Waals surface area contributed by atoms with Gasteiger partial charge in [-0.25, -0.2) is 13.1 Å². The molecule has 1 aromatic rings. The Morgan fingerprint density at radius 3 is 2.62 bits per heavy atom. The van der Waals surface area contributed by atoms with Gasteiger partial charge < -0.3 is 9.73 Å². The number of sulfonamides is 1. The van der Waals surface area contributed by atoms with Crippen LogP contribution in [-0.4, -0.2) is 22.0 Å². The molecule has 0 amide bonds. The van der Waals surface area contributed by atoms with Gasteiger partial charge in [0.15, 0.2) is 0 Å². The molecule has 0 saturated carbocycles. The average Bonchev–Trinajstić information content (AvgIpc) is 2.66. The zero-order valence-electron chi connectivity index (χ0n) is 9.78. The van der Waals surface area contributed by atoms with Crippen molar-refractivity contribution in [3.63, 3.8) is 0 Å². The number of hydrogen-bond donors (Lipinski definition) is 2. The SMILES string of the molecule is CNS(=O)(=O)c1ccc(CNCC(C)C)o1. The van der Waals surface area contributed by atoms with E-state index in [4.69, 9.17) is 4.42 Å². The van der Waals surface area contributed by atoms with Crippen LogP contribution in [0.4, 0.5) is 0 Å². The van der Waals surface area contributed by atoms with E-state index in [-0.39, 0.29) is 5.09 Å². The summed E-state index contributed by atoms with van der Waals surface area (Å²) in [7, 11) is -2.11. The Labute approximate surface area is 96.3 Å². The molecule has 0 radical (unpaired) electrons. The molecule has 1 aromatic heterocycles. The van der Waals surface area contributed by atoms with Gasteiger partial charge in [0.25, 0.3) is 10.0 Å². The fourth-order valence-electron chi connectivity index (χ4n) is 1.18. The van der Waals surface area contributed by atoms with Gasteiger partial charge in [-0.15, -0.1) is 0 Å². The average molecular weight is 246 g/mol. The first-order valence-electron chi connectivity index (χ1n) is 5.18. The van der Waals surface area contributed by atoms with E-state index < -0.39 is 10.0 Å². The number of hydrogen-bond acceptors (Lipinski definition) is 4. The van der Waals surface area contributed by atoms with E-state index in [0.29, 0.717) is 18.2 Å². The molecule has 1 heterocycles. The quantitative estimate of drug-likeness (QED) is 0.783. The second-order valence-electron chi connectivity index (χ2n) is 3.95. The molecule has 0 aromatic carbocycles. The van der Waals surface area contributed by atoms with Crippen molar-refractivity contribution in [2.24, 2.45) is 5.92 Å². The molecule has 6 heteroatoms. The van der Waals surface area contributed by atoms with Crippen LogP contribution in [0.25, 0.3) is 0 Å². The highest BCUT2D eigenvalue weighted by Gasteiger charge is 2.15.